The zero-order valence-corrected chi connectivity index (χ0v) is 10.1. The summed E-state index contributed by atoms with van der Waals surface area (Å²) >= 11 is 0. The molecule has 1 aliphatic heterocycles. The molecule has 16 heavy (non-hydrogen) atoms. The molecular weight excluding hydrogens is 194 g/mol. The highest BCUT2D eigenvalue weighted by atomic mass is 15.2. The van der Waals surface area contributed by atoms with Gasteiger partial charge in [-0.2, -0.15) is 0 Å². The van der Waals surface area contributed by atoms with E-state index in [-0.39, 0.29) is 0 Å². The number of likely N-dealkylation sites (tertiary alicyclic amines) is 1. The lowest BCUT2D eigenvalue weighted by atomic mass is 9.98. The summed E-state index contributed by atoms with van der Waals surface area (Å²) < 4.78 is 0. The summed E-state index contributed by atoms with van der Waals surface area (Å²) in [6, 6.07) is 11.5. The number of piperidine rings is 1. The first kappa shape index (κ1) is 11.7. The van der Waals surface area contributed by atoms with E-state index in [2.05, 4.69) is 42.2 Å². The van der Waals surface area contributed by atoms with Gasteiger partial charge in [-0.15, -0.1) is 0 Å². The van der Waals surface area contributed by atoms with Crippen LogP contribution in [0.1, 0.15) is 43.7 Å². The third kappa shape index (κ3) is 2.85. The van der Waals surface area contributed by atoms with Crippen LogP contribution in [0, 0.1) is 6.92 Å². The van der Waals surface area contributed by atoms with Gasteiger partial charge >= 0.3 is 0 Å². The summed E-state index contributed by atoms with van der Waals surface area (Å²) in [4.78, 5) is 2.64. The average molecular weight is 216 g/mol. The maximum atomic E-state index is 4.02. The van der Waals surface area contributed by atoms with Gasteiger partial charge in [0, 0.05) is 6.04 Å². The number of hydrogen-bond acceptors (Lipinski definition) is 1. The Morgan fingerprint density at radius 3 is 2.38 bits per heavy atom. The second-order valence-corrected chi connectivity index (χ2v) is 4.67. The van der Waals surface area contributed by atoms with Crippen molar-refractivity contribution in [2.24, 2.45) is 0 Å². The Bertz CT molecular complexity index is 288. The van der Waals surface area contributed by atoms with E-state index in [9.17, 15) is 0 Å². The summed E-state index contributed by atoms with van der Waals surface area (Å²) in [6.45, 7) is 6.55. The zero-order chi connectivity index (χ0) is 11.2. The quantitative estimate of drug-likeness (QED) is 0.739. The monoisotopic (exact) mass is 216 g/mol. The van der Waals surface area contributed by atoms with E-state index >= 15 is 0 Å². The lowest BCUT2D eigenvalue weighted by Gasteiger charge is -2.34. The molecule has 1 radical (unpaired) electrons. The maximum absolute atomic E-state index is 4.02. The Kier molecular flexibility index (Phi) is 4.41. The molecule has 1 atom stereocenters. The van der Waals surface area contributed by atoms with E-state index in [4.69, 9.17) is 0 Å². The smallest absolute Gasteiger partial charge is 0.0348 e. The van der Waals surface area contributed by atoms with Crippen molar-refractivity contribution < 1.29 is 0 Å². The molecule has 0 saturated carbocycles. The molecule has 1 aromatic rings. The first-order valence-corrected chi connectivity index (χ1v) is 6.50. The molecule has 0 N–H and O–H groups in total. The predicted octanol–water partition coefficient (Wildman–Crippen LogP) is 3.83. The first-order chi connectivity index (χ1) is 7.92. The van der Waals surface area contributed by atoms with Gasteiger partial charge in [-0.1, -0.05) is 50.1 Å². The Hall–Kier alpha value is -0.820. The summed E-state index contributed by atoms with van der Waals surface area (Å²) in [6.07, 6.45) is 6.34. The lowest BCUT2D eigenvalue weighted by molar-refractivity contribution is 0.156. The Balaban J connectivity index is 2.09. The van der Waals surface area contributed by atoms with Gasteiger partial charge in [-0.05, 0) is 37.9 Å². The van der Waals surface area contributed by atoms with Crippen LogP contribution in [-0.4, -0.2) is 18.0 Å². The molecule has 1 unspecified atom stereocenters. The van der Waals surface area contributed by atoms with Crippen molar-refractivity contribution in [3.05, 3.63) is 42.8 Å². The van der Waals surface area contributed by atoms with Crippen LogP contribution in [0.3, 0.4) is 0 Å². The minimum atomic E-state index is 0.596. The molecule has 2 rings (SSSR count). The van der Waals surface area contributed by atoms with Crippen molar-refractivity contribution in [1.82, 2.24) is 4.90 Å². The highest BCUT2D eigenvalue weighted by Crippen LogP contribution is 2.28. The maximum Gasteiger partial charge on any atom is 0.0348 e. The van der Waals surface area contributed by atoms with E-state index in [1.807, 2.05) is 0 Å². The van der Waals surface area contributed by atoms with E-state index < -0.39 is 0 Å². The molecule has 1 heterocycles. The van der Waals surface area contributed by atoms with Crippen LogP contribution in [0.5, 0.6) is 0 Å². The highest BCUT2D eigenvalue weighted by molar-refractivity contribution is 5.19. The van der Waals surface area contributed by atoms with Crippen molar-refractivity contribution in [3.8, 4) is 0 Å². The first-order valence-electron chi connectivity index (χ1n) is 6.50. The summed E-state index contributed by atoms with van der Waals surface area (Å²) in [5.41, 5.74) is 1.47. The molecule has 0 aromatic heterocycles. The Labute approximate surface area is 99.5 Å². The van der Waals surface area contributed by atoms with Gasteiger partial charge < -0.3 is 0 Å². The van der Waals surface area contributed by atoms with Gasteiger partial charge in [-0.25, -0.2) is 0 Å². The topological polar surface area (TPSA) is 3.24 Å². The fourth-order valence-corrected chi connectivity index (χ4v) is 2.66. The Morgan fingerprint density at radius 2 is 1.75 bits per heavy atom. The molecule has 1 aliphatic rings. The molecule has 1 fully saturated rings. The van der Waals surface area contributed by atoms with Crippen molar-refractivity contribution in [1.29, 1.82) is 0 Å². The standard InChI is InChI=1S/C15H22N/c1-2-9-15(14-10-5-3-6-11-14)16-12-7-4-8-13-16/h3,5-6,10-11,15H,1-2,4,7-9,12-13H2. The second kappa shape index (κ2) is 6.05. The fraction of sp³-hybridized carbons (Fsp3) is 0.533. The average Bonchev–Trinajstić information content (AvgIpc) is 2.38. The van der Waals surface area contributed by atoms with E-state index in [1.165, 1.54) is 44.3 Å². The minimum absolute atomic E-state index is 0.596. The number of nitrogens with zero attached hydrogens (tertiary/aromatic N) is 1. The molecule has 0 aliphatic carbocycles. The number of rotatable bonds is 4. The van der Waals surface area contributed by atoms with Crippen LogP contribution >= 0.6 is 0 Å². The lowest BCUT2D eigenvalue weighted by Crippen LogP contribution is -2.33. The molecule has 0 spiro atoms. The van der Waals surface area contributed by atoms with E-state index in [0.29, 0.717) is 6.04 Å². The van der Waals surface area contributed by atoms with E-state index in [1.54, 1.807) is 0 Å². The summed E-state index contributed by atoms with van der Waals surface area (Å²) in [7, 11) is 0. The Morgan fingerprint density at radius 1 is 1.06 bits per heavy atom. The third-order valence-corrected chi connectivity index (χ3v) is 3.49. The van der Waals surface area contributed by atoms with Crippen LogP contribution in [0.4, 0.5) is 0 Å². The molecule has 1 aromatic carbocycles. The van der Waals surface area contributed by atoms with Gasteiger partial charge in [0.05, 0.1) is 0 Å². The van der Waals surface area contributed by atoms with Crippen molar-refractivity contribution in [2.75, 3.05) is 13.1 Å². The van der Waals surface area contributed by atoms with Gasteiger partial charge in [0.25, 0.3) is 0 Å². The fourth-order valence-electron chi connectivity index (χ4n) is 2.66. The largest absolute Gasteiger partial charge is 0.296 e. The van der Waals surface area contributed by atoms with Crippen molar-refractivity contribution in [2.45, 2.75) is 38.1 Å². The molecule has 0 amide bonds. The normalized spacial score (nSPS) is 19.6. The summed E-state index contributed by atoms with van der Waals surface area (Å²) in [5, 5.41) is 0. The van der Waals surface area contributed by atoms with Gasteiger partial charge in [0.15, 0.2) is 0 Å². The molecule has 1 heteroatoms. The summed E-state index contributed by atoms with van der Waals surface area (Å²) in [5.74, 6) is 0. The van der Waals surface area contributed by atoms with Crippen LogP contribution in [0.2, 0.25) is 0 Å². The molecular formula is C15H22N. The number of benzene rings is 1. The molecule has 1 nitrogen and oxygen atoms in total. The molecule has 0 bridgehead atoms. The van der Waals surface area contributed by atoms with Crippen molar-refractivity contribution >= 4 is 0 Å². The van der Waals surface area contributed by atoms with Crippen LogP contribution < -0.4 is 0 Å². The van der Waals surface area contributed by atoms with Gasteiger partial charge in [0.2, 0.25) is 0 Å². The SMILES string of the molecule is [CH2]CCC(c1ccccc1)N1CCCCC1. The second-order valence-electron chi connectivity index (χ2n) is 4.67. The van der Waals surface area contributed by atoms with E-state index in [0.717, 1.165) is 6.42 Å². The highest BCUT2D eigenvalue weighted by Gasteiger charge is 2.20. The third-order valence-electron chi connectivity index (χ3n) is 3.49. The number of hydrogen-bond donors (Lipinski definition) is 0. The van der Waals surface area contributed by atoms with Crippen LogP contribution in [0.15, 0.2) is 30.3 Å². The predicted molar refractivity (Wildman–Crippen MR) is 69.2 cm³/mol. The van der Waals surface area contributed by atoms with Crippen molar-refractivity contribution in [3.63, 3.8) is 0 Å². The van der Waals surface area contributed by atoms with Crippen LogP contribution in [0.25, 0.3) is 0 Å². The van der Waals surface area contributed by atoms with Crippen LogP contribution in [-0.2, 0) is 0 Å². The van der Waals surface area contributed by atoms with Gasteiger partial charge in [-0.3, -0.25) is 4.90 Å². The molecule has 1 saturated heterocycles. The van der Waals surface area contributed by atoms with Gasteiger partial charge in [0.1, 0.15) is 0 Å². The molecule has 87 valence electrons. The minimum Gasteiger partial charge on any atom is -0.296 e. The zero-order valence-electron chi connectivity index (χ0n) is 10.1.